The van der Waals surface area contributed by atoms with E-state index < -0.39 is 16.5 Å². The van der Waals surface area contributed by atoms with Gasteiger partial charge in [-0.2, -0.15) is 0 Å². The first kappa shape index (κ1) is 24.0. The summed E-state index contributed by atoms with van der Waals surface area (Å²) in [6.45, 7) is 3.47. The second kappa shape index (κ2) is 29.2. The third kappa shape index (κ3) is 39.1. The molecule has 0 saturated carbocycles. The van der Waals surface area contributed by atoms with Gasteiger partial charge in [0.15, 0.2) is 0 Å². The molecule has 0 aliphatic carbocycles. The molecule has 0 atom stereocenters. The maximum absolute atomic E-state index is 8.00. The van der Waals surface area contributed by atoms with Gasteiger partial charge < -0.3 is 32.5 Å². The normalized spacial score (nSPS) is 12.7. The number of ether oxygens (including phenoxy) is 1. The molecular weight excluding hydrogens is 418 g/mol. The van der Waals surface area contributed by atoms with Crippen LogP contribution in [-0.4, -0.2) is 26.3 Å². The zero-order chi connectivity index (χ0) is 9.66. The van der Waals surface area contributed by atoms with Crippen molar-refractivity contribution >= 4 is 18.8 Å². The molecule has 4 N–H and O–H groups in total. The Morgan fingerprint density at radius 2 is 1.57 bits per heavy atom. The largest absolute Gasteiger partial charge is 0.693 e. The summed E-state index contributed by atoms with van der Waals surface area (Å²) in [5, 5.41) is 13.1. The number of hydrogen-bond acceptors (Lipinski definition) is 4. The predicted molar refractivity (Wildman–Crippen MR) is 55.3 cm³/mol. The molecule has 94 valence electrons. The van der Waals surface area contributed by atoms with E-state index in [-0.39, 0.29) is 12.3 Å². The Morgan fingerprint density at radius 1 is 1.29 bits per heavy atom. The summed E-state index contributed by atoms with van der Waals surface area (Å²) < 4.78 is 4.98. The van der Waals surface area contributed by atoms with Gasteiger partial charge in [-0.05, 0) is 0 Å². The van der Waals surface area contributed by atoms with Crippen LogP contribution in [0.4, 0.5) is 0 Å². The van der Waals surface area contributed by atoms with Crippen molar-refractivity contribution in [2.24, 2.45) is 5.34 Å². The SMILES string of the molecule is C1COCC[N-]1.O=N[O-].[Cl][Pt][Cl].[NH2-].[NH2-]. The average molecular weight is 430 g/mol. The average Bonchev–Trinajstić information content (AvgIpc) is 2.10. The number of halogens is 2. The van der Waals surface area contributed by atoms with Gasteiger partial charge in [0.1, 0.15) is 0 Å². The third-order valence-electron chi connectivity index (χ3n) is 0.787. The molecule has 1 aliphatic heterocycles. The molecular formula is C4H12Cl2N4O3Pt-4. The number of nitrogens with zero attached hydrogens (tertiary/aromatic N) is 2. The molecule has 0 radical (unpaired) electrons. The summed E-state index contributed by atoms with van der Waals surface area (Å²) in [5.74, 6) is 0. The van der Waals surface area contributed by atoms with Crippen LogP contribution in [0.1, 0.15) is 0 Å². The number of morpholine rings is 1. The summed E-state index contributed by atoms with van der Waals surface area (Å²) in [6.07, 6.45) is 0. The fourth-order valence-electron chi connectivity index (χ4n) is 0.472. The molecule has 0 aromatic carbocycles. The maximum atomic E-state index is 8.00. The molecule has 0 aromatic heterocycles. The minimum absolute atomic E-state index is 0. The minimum atomic E-state index is -0.472. The van der Waals surface area contributed by atoms with Gasteiger partial charge in [0.05, 0.1) is 0 Å². The number of nitrogens with two attached hydrogens (primary N) is 2. The molecule has 1 heterocycles. The molecule has 10 heteroatoms. The van der Waals surface area contributed by atoms with Gasteiger partial charge in [-0.1, -0.05) is 0 Å². The van der Waals surface area contributed by atoms with Gasteiger partial charge in [-0.25, -0.2) is 0 Å². The van der Waals surface area contributed by atoms with Crippen molar-refractivity contribution in [2.75, 3.05) is 26.3 Å². The van der Waals surface area contributed by atoms with Crippen LogP contribution in [0, 0.1) is 10.1 Å². The summed E-state index contributed by atoms with van der Waals surface area (Å²) in [5.41, 5.74) is 0. The zero-order valence-electron chi connectivity index (χ0n) is 7.17. The van der Waals surface area contributed by atoms with Crippen molar-refractivity contribution in [3.8, 4) is 0 Å². The molecule has 14 heavy (non-hydrogen) atoms. The van der Waals surface area contributed by atoms with E-state index in [1.165, 1.54) is 0 Å². The molecule has 1 fully saturated rings. The van der Waals surface area contributed by atoms with Gasteiger partial charge in [0.2, 0.25) is 0 Å². The Balaban J connectivity index is -0.0000000557. The van der Waals surface area contributed by atoms with Gasteiger partial charge in [0, 0.05) is 13.2 Å². The fraction of sp³-hybridized carbons (Fsp3) is 1.00. The standard InChI is InChI=1S/C4H8NO.2ClH.HNO2.2H2N.Pt/c1-3-6-4-2-5-1;;;2-1-3;;;/h1-4H2;2*1H;(H,2,3);2*1H2;/q-1;;;;2*-1;+2/p-3. The summed E-state index contributed by atoms with van der Waals surface area (Å²) in [7, 11) is 9.75. The van der Waals surface area contributed by atoms with E-state index in [1.54, 1.807) is 0 Å². The monoisotopic (exact) mass is 429 g/mol. The van der Waals surface area contributed by atoms with Crippen molar-refractivity contribution in [3.05, 3.63) is 27.7 Å². The first-order valence-electron chi connectivity index (χ1n) is 2.81. The number of hydrogen-bond donors (Lipinski definition) is 0. The van der Waals surface area contributed by atoms with Crippen LogP contribution in [0.3, 0.4) is 0 Å². The van der Waals surface area contributed by atoms with Crippen LogP contribution < -0.4 is 0 Å². The molecule has 0 amide bonds. The van der Waals surface area contributed by atoms with Crippen molar-refractivity contribution in [1.29, 1.82) is 0 Å². The quantitative estimate of drug-likeness (QED) is 0.429. The van der Waals surface area contributed by atoms with E-state index in [0.29, 0.717) is 0 Å². The first-order chi connectivity index (χ1) is 5.83. The van der Waals surface area contributed by atoms with Crippen LogP contribution in [0.5, 0.6) is 0 Å². The van der Waals surface area contributed by atoms with Gasteiger partial charge in [-0.15, -0.1) is 18.4 Å². The second-order valence-electron chi connectivity index (χ2n) is 1.40. The Morgan fingerprint density at radius 3 is 1.64 bits per heavy atom. The second-order valence-corrected chi connectivity index (χ2v) is 4.69. The smallest absolute Gasteiger partial charge is 0.693 e. The number of rotatable bonds is 0. The van der Waals surface area contributed by atoms with E-state index in [1.807, 2.05) is 0 Å². The topological polar surface area (TPSA) is 143 Å². The van der Waals surface area contributed by atoms with E-state index in [9.17, 15) is 0 Å². The summed E-state index contributed by atoms with van der Waals surface area (Å²) in [6, 6.07) is 0. The molecule has 1 saturated heterocycles. The molecule has 0 aromatic rings. The van der Waals surface area contributed by atoms with E-state index in [0.717, 1.165) is 31.6 Å². The van der Waals surface area contributed by atoms with Gasteiger partial charge in [-0.3, -0.25) is 0 Å². The van der Waals surface area contributed by atoms with Gasteiger partial charge in [0.25, 0.3) is 0 Å². The summed E-state index contributed by atoms with van der Waals surface area (Å²) >= 11 is -0.472. The molecule has 0 bridgehead atoms. The molecule has 1 rings (SSSR count). The summed E-state index contributed by atoms with van der Waals surface area (Å²) in [4.78, 5) is 8.00. The van der Waals surface area contributed by atoms with Crippen molar-refractivity contribution in [2.45, 2.75) is 0 Å². The molecule has 0 unspecified atom stereocenters. The minimum Gasteiger partial charge on any atom is -0.693 e. The van der Waals surface area contributed by atoms with E-state index >= 15 is 0 Å². The zero-order valence-corrected chi connectivity index (χ0v) is 11.0. The van der Waals surface area contributed by atoms with E-state index in [2.05, 4.69) is 5.32 Å². The van der Waals surface area contributed by atoms with Crippen LogP contribution in [0.2, 0.25) is 0 Å². The Hall–Kier alpha value is 0.508. The van der Waals surface area contributed by atoms with Crippen LogP contribution in [0.25, 0.3) is 17.6 Å². The van der Waals surface area contributed by atoms with Crippen molar-refractivity contribution < 1.29 is 21.2 Å². The Labute approximate surface area is 99.3 Å². The van der Waals surface area contributed by atoms with Crippen LogP contribution >= 0.6 is 18.8 Å². The molecule has 1 aliphatic rings. The van der Waals surface area contributed by atoms with Crippen LogP contribution in [-0.2, 0) is 21.2 Å². The van der Waals surface area contributed by atoms with E-state index in [4.69, 9.17) is 33.7 Å². The fourth-order valence-corrected chi connectivity index (χ4v) is 0.472. The predicted octanol–water partition coefficient (Wildman–Crippen LogP) is 3.45. The Bertz CT molecular complexity index is 79.5. The van der Waals surface area contributed by atoms with Gasteiger partial charge >= 0.3 is 35.3 Å². The van der Waals surface area contributed by atoms with Crippen LogP contribution in [0.15, 0.2) is 5.34 Å². The van der Waals surface area contributed by atoms with Crippen molar-refractivity contribution in [1.82, 2.24) is 0 Å². The maximum Gasteiger partial charge on any atom is -0.693 e. The molecule has 7 nitrogen and oxygen atoms in total. The first-order valence-corrected chi connectivity index (χ1v) is 8.44. The van der Waals surface area contributed by atoms with Crippen molar-refractivity contribution in [3.63, 3.8) is 0 Å². The molecule has 0 spiro atoms. The third-order valence-corrected chi connectivity index (χ3v) is 0.787. The Kier molecular flexibility index (Phi) is 50.0.